The second kappa shape index (κ2) is 5.41. The molecule has 3 fully saturated rings. The van der Waals surface area contributed by atoms with Gasteiger partial charge >= 0.3 is 0 Å². The molecule has 1 heterocycles. The number of carbonyl (C=O) groups is 1. The summed E-state index contributed by atoms with van der Waals surface area (Å²) in [4.78, 5) is 14.6. The van der Waals surface area contributed by atoms with E-state index in [1.807, 2.05) is 4.90 Å². The summed E-state index contributed by atoms with van der Waals surface area (Å²) in [5.41, 5.74) is -0.229. The summed E-state index contributed by atoms with van der Waals surface area (Å²) in [6.45, 7) is 3.53. The van der Waals surface area contributed by atoms with Gasteiger partial charge in [0, 0.05) is 6.54 Å². The lowest BCUT2D eigenvalue weighted by molar-refractivity contribution is -0.134. The van der Waals surface area contributed by atoms with Gasteiger partial charge in [0.15, 0.2) is 0 Å². The van der Waals surface area contributed by atoms with Crippen molar-refractivity contribution in [3.8, 4) is 0 Å². The number of hydrogen-bond donors (Lipinski definition) is 1. The quantitative estimate of drug-likeness (QED) is 0.846. The van der Waals surface area contributed by atoms with E-state index in [4.69, 9.17) is 4.74 Å². The number of ether oxygens (including phenoxy) is 1. The van der Waals surface area contributed by atoms with Crippen molar-refractivity contribution in [1.29, 1.82) is 0 Å². The second-order valence-electron chi connectivity index (χ2n) is 6.39. The fourth-order valence-corrected chi connectivity index (χ4v) is 3.99. The van der Waals surface area contributed by atoms with Crippen LogP contribution in [-0.2, 0) is 9.53 Å². The van der Waals surface area contributed by atoms with Crippen molar-refractivity contribution in [2.24, 2.45) is 0 Å². The summed E-state index contributed by atoms with van der Waals surface area (Å²) in [5, 5.41) is 3.53. The number of nitrogens with one attached hydrogen (secondary N) is 1. The van der Waals surface area contributed by atoms with Crippen LogP contribution in [0, 0.1) is 0 Å². The molecule has 1 amide bonds. The van der Waals surface area contributed by atoms with E-state index in [0.717, 1.165) is 19.4 Å². The molecule has 0 bridgehead atoms. The van der Waals surface area contributed by atoms with E-state index >= 15 is 0 Å². The molecule has 1 unspecified atom stereocenters. The minimum absolute atomic E-state index is 0.165. The van der Waals surface area contributed by atoms with Crippen molar-refractivity contribution in [2.45, 2.75) is 76.1 Å². The van der Waals surface area contributed by atoms with Gasteiger partial charge in [-0.2, -0.15) is 0 Å². The first-order valence-corrected chi connectivity index (χ1v) is 7.92. The van der Waals surface area contributed by atoms with Gasteiger partial charge in [-0.25, -0.2) is 0 Å². The third-order valence-corrected chi connectivity index (χ3v) is 5.07. The zero-order chi connectivity index (χ0) is 13.3. The van der Waals surface area contributed by atoms with Crippen LogP contribution in [-0.4, -0.2) is 41.8 Å². The molecular formula is C15H26N2O2. The number of carbonyl (C=O) groups excluding carboxylic acids is 1. The third-order valence-electron chi connectivity index (χ3n) is 5.07. The Balaban J connectivity index is 1.51. The van der Waals surface area contributed by atoms with Gasteiger partial charge in [-0.05, 0) is 32.6 Å². The molecule has 1 atom stereocenters. The number of amides is 1. The second-order valence-corrected chi connectivity index (χ2v) is 6.39. The zero-order valence-electron chi connectivity index (χ0n) is 12.0. The van der Waals surface area contributed by atoms with Crippen LogP contribution in [0.2, 0.25) is 0 Å². The minimum Gasteiger partial charge on any atom is -0.376 e. The van der Waals surface area contributed by atoms with Gasteiger partial charge in [-0.15, -0.1) is 0 Å². The summed E-state index contributed by atoms with van der Waals surface area (Å²) in [7, 11) is 0. The highest BCUT2D eigenvalue weighted by molar-refractivity contribution is 5.89. The molecule has 0 aromatic heterocycles. The fraction of sp³-hybridized carbons (Fsp3) is 0.933. The van der Waals surface area contributed by atoms with E-state index < -0.39 is 0 Å². The Morgan fingerprint density at radius 1 is 1.26 bits per heavy atom. The first-order valence-electron chi connectivity index (χ1n) is 7.92. The molecule has 4 heteroatoms. The Morgan fingerprint density at radius 2 is 1.95 bits per heavy atom. The molecule has 108 valence electrons. The molecule has 1 spiro atoms. The van der Waals surface area contributed by atoms with E-state index in [1.165, 1.54) is 38.5 Å². The Labute approximate surface area is 115 Å². The Hall–Kier alpha value is -0.610. The average Bonchev–Trinajstić information content (AvgIpc) is 3.08. The molecule has 2 saturated carbocycles. The molecule has 0 radical (unpaired) electrons. The highest BCUT2D eigenvalue weighted by atomic mass is 16.5. The van der Waals surface area contributed by atoms with Crippen molar-refractivity contribution in [1.82, 2.24) is 10.2 Å². The summed E-state index contributed by atoms with van der Waals surface area (Å²) in [6.07, 6.45) is 9.99. The van der Waals surface area contributed by atoms with Gasteiger partial charge < -0.3 is 9.64 Å². The number of rotatable bonds is 4. The van der Waals surface area contributed by atoms with Crippen LogP contribution >= 0.6 is 0 Å². The van der Waals surface area contributed by atoms with E-state index in [2.05, 4.69) is 12.2 Å². The maximum Gasteiger partial charge on any atom is 0.244 e. The summed E-state index contributed by atoms with van der Waals surface area (Å²) in [6, 6.07) is 0. The van der Waals surface area contributed by atoms with Gasteiger partial charge in [-0.1, -0.05) is 25.7 Å². The molecule has 3 aliphatic rings. The van der Waals surface area contributed by atoms with E-state index in [9.17, 15) is 4.79 Å². The van der Waals surface area contributed by atoms with Crippen LogP contribution in [0.1, 0.15) is 58.3 Å². The highest BCUT2D eigenvalue weighted by Gasteiger charge is 2.50. The maximum absolute atomic E-state index is 12.6. The monoisotopic (exact) mass is 266 g/mol. The first kappa shape index (κ1) is 13.4. The predicted octanol–water partition coefficient (Wildman–Crippen LogP) is 2.04. The lowest BCUT2D eigenvalue weighted by Gasteiger charge is -2.23. The van der Waals surface area contributed by atoms with Gasteiger partial charge in [0.2, 0.25) is 5.91 Å². The summed E-state index contributed by atoms with van der Waals surface area (Å²) < 4.78 is 5.89. The van der Waals surface area contributed by atoms with E-state index in [-0.39, 0.29) is 11.7 Å². The van der Waals surface area contributed by atoms with Crippen molar-refractivity contribution >= 4 is 5.91 Å². The van der Waals surface area contributed by atoms with Crippen molar-refractivity contribution < 1.29 is 9.53 Å². The third kappa shape index (κ3) is 2.52. The largest absolute Gasteiger partial charge is 0.376 e. The molecule has 1 N–H and O–H groups in total. The standard InChI is InChI=1S/C15H26N2O2/c1-12-16-15(8-4-5-9-15)14(18)17(12)10-11-19-13-6-2-3-7-13/h12-13,16H,2-11H2,1H3. The Kier molecular flexibility index (Phi) is 3.81. The van der Waals surface area contributed by atoms with Gasteiger partial charge in [0.05, 0.1) is 24.4 Å². The fourth-order valence-electron chi connectivity index (χ4n) is 3.99. The van der Waals surface area contributed by atoms with Crippen molar-refractivity contribution in [3.63, 3.8) is 0 Å². The lowest BCUT2D eigenvalue weighted by Crippen LogP contribution is -2.44. The molecule has 4 nitrogen and oxygen atoms in total. The molecule has 0 aromatic rings. The molecule has 19 heavy (non-hydrogen) atoms. The van der Waals surface area contributed by atoms with E-state index in [0.29, 0.717) is 18.6 Å². The molecule has 1 saturated heterocycles. The molecular weight excluding hydrogens is 240 g/mol. The smallest absolute Gasteiger partial charge is 0.244 e. The van der Waals surface area contributed by atoms with Gasteiger partial charge in [-0.3, -0.25) is 10.1 Å². The van der Waals surface area contributed by atoms with Crippen LogP contribution in [0.15, 0.2) is 0 Å². The van der Waals surface area contributed by atoms with Crippen LogP contribution in [0.4, 0.5) is 0 Å². The Morgan fingerprint density at radius 3 is 2.63 bits per heavy atom. The van der Waals surface area contributed by atoms with Gasteiger partial charge in [0.25, 0.3) is 0 Å². The zero-order valence-corrected chi connectivity index (χ0v) is 12.0. The predicted molar refractivity (Wildman–Crippen MR) is 73.7 cm³/mol. The van der Waals surface area contributed by atoms with Crippen molar-refractivity contribution in [3.05, 3.63) is 0 Å². The average molecular weight is 266 g/mol. The van der Waals surface area contributed by atoms with Crippen LogP contribution in [0.5, 0.6) is 0 Å². The van der Waals surface area contributed by atoms with Gasteiger partial charge in [0.1, 0.15) is 0 Å². The Bertz CT molecular complexity index is 333. The van der Waals surface area contributed by atoms with Crippen LogP contribution in [0.3, 0.4) is 0 Å². The normalized spacial score (nSPS) is 30.9. The van der Waals surface area contributed by atoms with Crippen molar-refractivity contribution in [2.75, 3.05) is 13.2 Å². The van der Waals surface area contributed by atoms with Crippen LogP contribution < -0.4 is 5.32 Å². The van der Waals surface area contributed by atoms with E-state index in [1.54, 1.807) is 0 Å². The lowest BCUT2D eigenvalue weighted by atomic mass is 9.98. The van der Waals surface area contributed by atoms with Crippen LogP contribution in [0.25, 0.3) is 0 Å². The molecule has 2 aliphatic carbocycles. The summed E-state index contributed by atoms with van der Waals surface area (Å²) >= 11 is 0. The first-order chi connectivity index (χ1) is 9.21. The molecule has 3 rings (SSSR count). The molecule has 0 aromatic carbocycles. The number of nitrogens with zero attached hydrogens (tertiary/aromatic N) is 1. The molecule has 1 aliphatic heterocycles. The number of hydrogen-bond acceptors (Lipinski definition) is 3. The topological polar surface area (TPSA) is 41.6 Å². The maximum atomic E-state index is 12.6. The SMILES string of the molecule is CC1NC2(CCCC2)C(=O)N1CCOC1CCCC1. The minimum atomic E-state index is -0.229. The summed E-state index contributed by atoms with van der Waals surface area (Å²) in [5.74, 6) is 0.313. The highest BCUT2D eigenvalue weighted by Crippen LogP contribution is 2.36.